The van der Waals surface area contributed by atoms with E-state index in [1.54, 1.807) is 0 Å². The summed E-state index contributed by atoms with van der Waals surface area (Å²) in [5, 5.41) is 11.1. The van der Waals surface area contributed by atoms with Crippen LogP contribution in [0.4, 0.5) is 5.82 Å². The second kappa shape index (κ2) is 10.4. The van der Waals surface area contributed by atoms with E-state index >= 15 is 0 Å². The van der Waals surface area contributed by atoms with Gasteiger partial charge in [0.25, 0.3) is 0 Å². The van der Waals surface area contributed by atoms with Gasteiger partial charge < -0.3 is 15.5 Å². The van der Waals surface area contributed by atoms with Crippen LogP contribution >= 0.6 is 24.8 Å². The molecule has 2 fully saturated rings. The molecule has 1 aromatic rings. The topological polar surface area (TPSA) is 62.2 Å². The Bertz CT molecular complexity index is 537. The van der Waals surface area contributed by atoms with Crippen molar-refractivity contribution in [3.05, 3.63) is 11.8 Å². The minimum atomic E-state index is 0. The first-order chi connectivity index (χ1) is 11.1. The lowest BCUT2D eigenvalue weighted by Crippen LogP contribution is -2.32. The monoisotopic (exact) mass is 391 g/mol. The molecule has 3 rings (SSSR count). The molecule has 0 saturated carbocycles. The lowest BCUT2D eigenvalue weighted by atomic mass is 10.0. The Labute approximate surface area is 162 Å². The van der Waals surface area contributed by atoms with Crippen molar-refractivity contribution in [1.29, 1.82) is 0 Å². The molecular weight excluding hydrogens is 361 g/mol. The number of hydrogen-bond acceptors (Lipinski definition) is 4. The van der Waals surface area contributed by atoms with Gasteiger partial charge in [-0.2, -0.15) is 5.10 Å². The van der Waals surface area contributed by atoms with E-state index in [2.05, 4.69) is 27.7 Å². The van der Waals surface area contributed by atoms with Crippen molar-refractivity contribution in [2.45, 2.75) is 45.1 Å². The quantitative estimate of drug-likeness (QED) is 0.809. The Morgan fingerprint density at radius 2 is 2.04 bits per heavy atom. The molecular formula is C17H31Cl2N5O. The molecule has 2 aliphatic rings. The van der Waals surface area contributed by atoms with Crippen LogP contribution < -0.4 is 10.6 Å². The standard InChI is InChI=1S/C17H29N5O.2ClH/c1-13-11-16(19-17(23)4-3-14-5-8-18-12-14)22(20-13)15-6-9-21(2)10-7-15;;/h11,14-15,18H,3-10,12H2,1-2H3,(H,19,23);2*1H. The molecule has 1 aromatic heterocycles. The van der Waals surface area contributed by atoms with Crippen LogP contribution in [0.5, 0.6) is 0 Å². The number of carbonyl (C=O) groups excluding carboxylic acids is 1. The van der Waals surface area contributed by atoms with Gasteiger partial charge in [0, 0.05) is 12.5 Å². The largest absolute Gasteiger partial charge is 0.316 e. The molecule has 0 spiro atoms. The van der Waals surface area contributed by atoms with Crippen LogP contribution in [0, 0.1) is 12.8 Å². The van der Waals surface area contributed by atoms with Crippen LogP contribution in [-0.2, 0) is 4.79 Å². The second-order valence-electron chi connectivity index (χ2n) is 7.10. The minimum Gasteiger partial charge on any atom is -0.316 e. The van der Waals surface area contributed by atoms with E-state index < -0.39 is 0 Å². The summed E-state index contributed by atoms with van der Waals surface area (Å²) in [6, 6.07) is 2.39. The Morgan fingerprint density at radius 1 is 1.32 bits per heavy atom. The summed E-state index contributed by atoms with van der Waals surface area (Å²) in [7, 11) is 2.16. The zero-order valence-electron chi connectivity index (χ0n) is 15.2. The Hall–Kier alpha value is -0.820. The number of likely N-dealkylation sites (tertiary alicyclic amines) is 1. The van der Waals surface area contributed by atoms with E-state index in [0.717, 1.165) is 57.0 Å². The molecule has 3 heterocycles. The lowest BCUT2D eigenvalue weighted by Gasteiger charge is -2.30. The molecule has 144 valence electrons. The van der Waals surface area contributed by atoms with Crippen molar-refractivity contribution in [2.75, 3.05) is 38.5 Å². The molecule has 2 saturated heterocycles. The molecule has 8 heteroatoms. The number of piperidine rings is 1. The smallest absolute Gasteiger partial charge is 0.225 e. The lowest BCUT2D eigenvalue weighted by molar-refractivity contribution is -0.116. The van der Waals surface area contributed by atoms with Gasteiger partial charge in [-0.1, -0.05) is 0 Å². The van der Waals surface area contributed by atoms with Crippen LogP contribution in [0.1, 0.15) is 43.8 Å². The number of aromatic nitrogens is 2. The SMILES string of the molecule is Cc1cc(NC(=O)CCC2CCNC2)n(C2CCN(C)CC2)n1.Cl.Cl. The third-order valence-electron chi connectivity index (χ3n) is 5.10. The van der Waals surface area contributed by atoms with Gasteiger partial charge >= 0.3 is 0 Å². The molecule has 2 aliphatic heterocycles. The molecule has 1 unspecified atom stereocenters. The average molecular weight is 392 g/mol. The Kier molecular flexibility index (Phi) is 9.21. The van der Waals surface area contributed by atoms with Crippen LogP contribution in [-0.4, -0.2) is 53.8 Å². The van der Waals surface area contributed by atoms with Gasteiger partial charge in [0.2, 0.25) is 5.91 Å². The Morgan fingerprint density at radius 3 is 2.68 bits per heavy atom. The van der Waals surface area contributed by atoms with Gasteiger partial charge in [0.05, 0.1) is 11.7 Å². The number of nitrogens with zero attached hydrogens (tertiary/aromatic N) is 3. The van der Waals surface area contributed by atoms with Crippen molar-refractivity contribution < 1.29 is 4.79 Å². The maximum atomic E-state index is 12.3. The number of amides is 1. The van der Waals surface area contributed by atoms with Crippen LogP contribution in [0.15, 0.2) is 6.07 Å². The number of nitrogens with one attached hydrogen (secondary N) is 2. The maximum absolute atomic E-state index is 12.3. The van der Waals surface area contributed by atoms with E-state index in [1.165, 1.54) is 6.42 Å². The Balaban J connectivity index is 0.00000156. The highest BCUT2D eigenvalue weighted by Crippen LogP contribution is 2.26. The van der Waals surface area contributed by atoms with E-state index in [0.29, 0.717) is 18.4 Å². The first kappa shape index (κ1) is 22.2. The number of hydrogen-bond donors (Lipinski definition) is 2. The first-order valence-electron chi connectivity index (χ1n) is 8.87. The van der Waals surface area contributed by atoms with Gasteiger partial charge in [0.15, 0.2) is 0 Å². The fraction of sp³-hybridized carbons (Fsp3) is 0.765. The highest BCUT2D eigenvalue weighted by Gasteiger charge is 2.22. The highest BCUT2D eigenvalue weighted by molar-refractivity contribution is 5.89. The molecule has 0 radical (unpaired) electrons. The van der Waals surface area contributed by atoms with E-state index in [4.69, 9.17) is 0 Å². The molecule has 0 aliphatic carbocycles. The van der Waals surface area contributed by atoms with Crippen molar-refractivity contribution in [3.8, 4) is 0 Å². The summed E-state index contributed by atoms with van der Waals surface area (Å²) in [5.74, 6) is 1.64. The van der Waals surface area contributed by atoms with E-state index in [1.807, 2.05) is 17.7 Å². The van der Waals surface area contributed by atoms with Crippen molar-refractivity contribution in [2.24, 2.45) is 5.92 Å². The predicted octanol–water partition coefficient (Wildman–Crippen LogP) is 2.63. The third-order valence-corrected chi connectivity index (χ3v) is 5.10. The summed E-state index contributed by atoms with van der Waals surface area (Å²) < 4.78 is 2.04. The zero-order chi connectivity index (χ0) is 16.2. The molecule has 2 N–H and O–H groups in total. The van der Waals surface area contributed by atoms with E-state index in [-0.39, 0.29) is 30.7 Å². The van der Waals surface area contributed by atoms with E-state index in [9.17, 15) is 4.79 Å². The van der Waals surface area contributed by atoms with Gasteiger partial charge in [-0.15, -0.1) is 24.8 Å². The number of anilines is 1. The average Bonchev–Trinajstić information content (AvgIpc) is 3.16. The maximum Gasteiger partial charge on any atom is 0.225 e. The second-order valence-corrected chi connectivity index (χ2v) is 7.10. The fourth-order valence-electron chi connectivity index (χ4n) is 3.63. The molecule has 25 heavy (non-hydrogen) atoms. The van der Waals surface area contributed by atoms with Crippen LogP contribution in [0.25, 0.3) is 0 Å². The van der Waals surface area contributed by atoms with Crippen molar-refractivity contribution >= 4 is 36.5 Å². The molecule has 0 bridgehead atoms. The van der Waals surface area contributed by atoms with Crippen molar-refractivity contribution in [1.82, 2.24) is 20.0 Å². The molecule has 0 aromatic carbocycles. The number of carbonyl (C=O) groups is 1. The summed E-state index contributed by atoms with van der Waals surface area (Å²) in [4.78, 5) is 14.6. The zero-order valence-corrected chi connectivity index (χ0v) is 16.8. The normalized spacial score (nSPS) is 21.4. The first-order valence-corrected chi connectivity index (χ1v) is 8.87. The number of aryl methyl sites for hydroxylation is 1. The van der Waals surface area contributed by atoms with Crippen molar-refractivity contribution in [3.63, 3.8) is 0 Å². The highest BCUT2D eigenvalue weighted by atomic mass is 35.5. The van der Waals surface area contributed by atoms with Gasteiger partial charge in [0.1, 0.15) is 5.82 Å². The molecule has 6 nitrogen and oxygen atoms in total. The summed E-state index contributed by atoms with van der Waals surface area (Å²) in [5.41, 5.74) is 0.972. The predicted molar refractivity (Wildman–Crippen MR) is 106 cm³/mol. The van der Waals surface area contributed by atoms with Crippen LogP contribution in [0.2, 0.25) is 0 Å². The minimum absolute atomic E-state index is 0. The van der Waals surface area contributed by atoms with Crippen LogP contribution in [0.3, 0.4) is 0 Å². The van der Waals surface area contributed by atoms with Gasteiger partial charge in [-0.25, -0.2) is 4.68 Å². The number of halogens is 2. The fourth-order valence-corrected chi connectivity index (χ4v) is 3.63. The third kappa shape index (κ3) is 6.13. The summed E-state index contributed by atoms with van der Waals surface area (Å²) >= 11 is 0. The summed E-state index contributed by atoms with van der Waals surface area (Å²) in [6.45, 7) is 6.32. The van der Waals surface area contributed by atoms with Gasteiger partial charge in [-0.3, -0.25) is 4.79 Å². The number of rotatable bonds is 5. The summed E-state index contributed by atoms with van der Waals surface area (Å²) in [6.07, 6.45) is 4.95. The van der Waals surface area contributed by atoms with Gasteiger partial charge in [-0.05, 0) is 71.8 Å². The molecule has 1 atom stereocenters. The molecule has 1 amide bonds.